The van der Waals surface area contributed by atoms with Crippen molar-refractivity contribution in [3.63, 3.8) is 0 Å². The molecule has 1 N–H and O–H groups in total. The second-order valence-electron chi connectivity index (χ2n) is 5.13. The summed E-state index contributed by atoms with van der Waals surface area (Å²) < 4.78 is 0. The minimum atomic E-state index is 0.667. The van der Waals surface area contributed by atoms with E-state index in [0.29, 0.717) is 6.04 Å². The van der Waals surface area contributed by atoms with Gasteiger partial charge in [0.2, 0.25) is 0 Å². The monoisotopic (exact) mass is 212 g/mol. The molecule has 3 atom stereocenters. The van der Waals surface area contributed by atoms with Gasteiger partial charge in [0, 0.05) is 31.2 Å². The summed E-state index contributed by atoms with van der Waals surface area (Å²) in [5.74, 6) is 0. The molecule has 0 aromatic heterocycles. The Morgan fingerprint density at radius 3 is 2.40 bits per heavy atom. The molecule has 0 aromatic rings. The molecule has 0 saturated carbocycles. The van der Waals surface area contributed by atoms with E-state index in [1.807, 2.05) is 0 Å². The molecule has 1 heterocycles. The average molecular weight is 212 g/mol. The summed E-state index contributed by atoms with van der Waals surface area (Å²) in [4.78, 5) is 2.67. The summed E-state index contributed by atoms with van der Waals surface area (Å²) in [6.45, 7) is 11.6. The van der Waals surface area contributed by atoms with Crippen LogP contribution in [0.4, 0.5) is 0 Å². The Hall–Kier alpha value is -0.0800. The summed E-state index contributed by atoms with van der Waals surface area (Å²) in [7, 11) is 0. The fourth-order valence-corrected chi connectivity index (χ4v) is 2.50. The van der Waals surface area contributed by atoms with Gasteiger partial charge >= 0.3 is 0 Å². The summed E-state index contributed by atoms with van der Waals surface area (Å²) in [5, 5.41) is 3.58. The molecule has 1 rings (SSSR count). The normalized spacial score (nSPS) is 30.4. The third-order valence-electron chi connectivity index (χ3n) is 3.85. The topological polar surface area (TPSA) is 15.3 Å². The summed E-state index contributed by atoms with van der Waals surface area (Å²) in [6.07, 6.45) is 5.41. The van der Waals surface area contributed by atoms with E-state index in [2.05, 4.69) is 37.9 Å². The van der Waals surface area contributed by atoms with Gasteiger partial charge in [0.15, 0.2) is 0 Å². The Morgan fingerprint density at radius 1 is 1.27 bits per heavy atom. The first-order chi connectivity index (χ1) is 7.15. The van der Waals surface area contributed by atoms with Crippen molar-refractivity contribution in [3.8, 4) is 0 Å². The first kappa shape index (κ1) is 13.0. The molecular weight excluding hydrogens is 184 g/mol. The van der Waals surface area contributed by atoms with Gasteiger partial charge in [-0.2, -0.15) is 0 Å². The molecule has 2 nitrogen and oxygen atoms in total. The minimum absolute atomic E-state index is 0.667. The summed E-state index contributed by atoms with van der Waals surface area (Å²) in [5.41, 5.74) is 0. The Bertz CT molecular complexity index is 160. The fourth-order valence-electron chi connectivity index (χ4n) is 2.50. The molecule has 0 spiro atoms. The van der Waals surface area contributed by atoms with Crippen LogP contribution in [0.5, 0.6) is 0 Å². The molecule has 3 unspecified atom stereocenters. The van der Waals surface area contributed by atoms with Crippen LogP contribution in [0.15, 0.2) is 0 Å². The first-order valence-corrected chi connectivity index (χ1v) is 6.64. The van der Waals surface area contributed by atoms with Gasteiger partial charge < -0.3 is 5.32 Å². The van der Waals surface area contributed by atoms with Gasteiger partial charge in [-0.05, 0) is 40.0 Å². The Balaban J connectivity index is 2.23. The molecule has 1 saturated heterocycles. The minimum Gasteiger partial charge on any atom is -0.313 e. The SMILES string of the molecule is CCC(C)NCCN1C(C)CCCC1C. The molecule has 15 heavy (non-hydrogen) atoms. The van der Waals surface area contributed by atoms with E-state index in [-0.39, 0.29) is 0 Å². The summed E-state index contributed by atoms with van der Waals surface area (Å²) >= 11 is 0. The van der Waals surface area contributed by atoms with Gasteiger partial charge in [0.25, 0.3) is 0 Å². The Kier molecular flexibility index (Phi) is 5.62. The van der Waals surface area contributed by atoms with E-state index in [0.717, 1.165) is 18.6 Å². The van der Waals surface area contributed by atoms with Gasteiger partial charge in [-0.3, -0.25) is 4.90 Å². The number of nitrogens with zero attached hydrogens (tertiary/aromatic N) is 1. The predicted molar refractivity (Wildman–Crippen MR) is 67.2 cm³/mol. The number of likely N-dealkylation sites (tertiary alicyclic amines) is 1. The second kappa shape index (κ2) is 6.49. The number of hydrogen-bond acceptors (Lipinski definition) is 2. The van der Waals surface area contributed by atoms with Crippen LogP contribution < -0.4 is 5.32 Å². The van der Waals surface area contributed by atoms with Crippen LogP contribution in [-0.4, -0.2) is 36.1 Å². The number of rotatable bonds is 5. The van der Waals surface area contributed by atoms with Gasteiger partial charge in [-0.15, -0.1) is 0 Å². The maximum Gasteiger partial charge on any atom is 0.0113 e. The van der Waals surface area contributed by atoms with E-state index in [1.54, 1.807) is 0 Å². The van der Waals surface area contributed by atoms with Crippen molar-refractivity contribution in [1.29, 1.82) is 0 Å². The van der Waals surface area contributed by atoms with Crippen molar-refractivity contribution in [2.45, 2.75) is 71.5 Å². The largest absolute Gasteiger partial charge is 0.313 e. The second-order valence-corrected chi connectivity index (χ2v) is 5.13. The molecule has 0 aromatic carbocycles. The standard InChI is InChI=1S/C13H28N2/c1-5-11(2)14-9-10-15-12(3)7-6-8-13(15)4/h11-14H,5-10H2,1-4H3. The zero-order valence-electron chi connectivity index (χ0n) is 10.9. The zero-order chi connectivity index (χ0) is 11.3. The van der Waals surface area contributed by atoms with Gasteiger partial charge in [-0.25, -0.2) is 0 Å². The van der Waals surface area contributed by atoms with Crippen molar-refractivity contribution in [2.75, 3.05) is 13.1 Å². The van der Waals surface area contributed by atoms with E-state index in [4.69, 9.17) is 0 Å². The molecule has 0 aliphatic carbocycles. The lowest BCUT2D eigenvalue weighted by molar-refractivity contribution is 0.104. The van der Waals surface area contributed by atoms with Crippen molar-refractivity contribution in [2.24, 2.45) is 0 Å². The smallest absolute Gasteiger partial charge is 0.0113 e. The van der Waals surface area contributed by atoms with E-state index < -0.39 is 0 Å². The molecule has 1 aliphatic heterocycles. The third kappa shape index (κ3) is 4.12. The Labute approximate surface area is 95.4 Å². The predicted octanol–water partition coefficient (Wildman–Crippen LogP) is 2.64. The highest BCUT2D eigenvalue weighted by molar-refractivity contribution is 4.80. The highest BCUT2D eigenvalue weighted by atomic mass is 15.2. The molecule has 0 amide bonds. The lowest BCUT2D eigenvalue weighted by atomic mass is 9.98. The van der Waals surface area contributed by atoms with Gasteiger partial charge in [0.1, 0.15) is 0 Å². The van der Waals surface area contributed by atoms with Crippen LogP contribution in [0, 0.1) is 0 Å². The Morgan fingerprint density at radius 2 is 1.87 bits per heavy atom. The number of nitrogens with one attached hydrogen (secondary N) is 1. The maximum atomic E-state index is 3.58. The molecule has 0 radical (unpaired) electrons. The van der Waals surface area contributed by atoms with Crippen LogP contribution >= 0.6 is 0 Å². The molecule has 1 fully saturated rings. The fraction of sp³-hybridized carbons (Fsp3) is 1.00. The molecule has 0 bridgehead atoms. The lowest BCUT2D eigenvalue weighted by Crippen LogP contribution is -2.47. The average Bonchev–Trinajstić information content (AvgIpc) is 2.22. The van der Waals surface area contributed by atoms with E-state index in [9.17, 15) is 0 Å². The number of piperidine rings is 1. The molecule has 1 aliphatic rings. The van der Waals surface area contributed by atoms with Crippen LogP contribution in [0.1, 0.15) is 53.4 Å². The van der Waals surface area contributed by atoms with E-state index in [1.165, 1.54) is 32.2 Å². The van der Waals surface area contributed by atoms with Crippen molar-refractivity contribution >= 4 is 0 Å². The van der Waals surface area contributed by atoms with Gasteiger partial charge in [0.05, 0.1) is 0 Å². The lowest BCUT2D eigenvalue weighted by Gasteiger charge is -2.39. The van der Waals surface area contributed by atoms with Crippen LogP contribution in [-0.2, 0) is 0 Å². The molecular formula is C13H28N2. The van der Waals surface area contributed by atoms with Crippen molar-refractivity contribution in [1.82, 2.24) is 10.2 Å². The number of hydrogen-bond donors (Lipinski definition) is 1. The van der Waals surface area contributed by atoms with Gasteiger partial charge in [-0.1, -0.05) is 13.3 Å². The summed E-state index contributed by atoms with van der Waals surface area (Å²) in [6, 6.07) is 2.24. The molecule has 2 heteroatoms. The van der Waals surface area contributed by atoms with Crippen LogP contribution in [0.25, 0.3) is 0 Å². The van der Waals surface area contributed by atoms with E-state index >= 15 is 0 Å². The first-order valence-electron chi connectivity index (χ1n) is 6.64. The third-order valence-corrected chi connectivity index (χ3v) is 3.85. The zero-order valence-corrected chi connectivity index (χ0v) is 10.9. The van der Waals surface area contributed by atoms with Crippen LogP contribution in [0.2, 0.25) is 0 Å². The maximum absolute atomic E-state index is 3.58. The van der Waals surface area contributed by atoms with Crippen LogP contribution in [0.3, 0.4) is 0 Å². The highest BCUT2D eigenvalue weighted by Gasteiger charge is 2.23. The van der Waals surface area contributed by atoms with Crippen molar-refractivity contribution in [3.05, 3.63) is 0 Å². The highest BCUT2D eigenvalue weighted by Crippen LogP contribution is 2.21. The quantitative estimate of drug-likeness (QED) is 0.753. The molecule has 90 valence electrons. The van der Waals surface area contributed by atoms with Crippen molar-refractivity contribution < 1.29 is 0 Å².